The smallest absolute Gasteiger partial charge is 0.408 e. The second-order valence-electron chi connectivity index (χ2n) is 9.02. The maximum absolute atomic E-state index is 14.9. The number of halogens is 5. The average Bonchev–Trinajstić information content (AvgIpc) is 3.40. The molecule has 1 saturated carbocycles. The summed E-state index contributed by atoms with van der Waals surface area (Å²) in [6, 6.07) is -1.56. The molecule has 2 aromatic rings. The Morgan fingerprint density at radius 1 is 1.37 bits per heavy atom. The van der Waals surface area contributed by atoms with E-state index in [1.54, 1.807) is 0 Å². The third kappa shape index (κ3) is 4.91. The van der Waals surface area contributed by atoms with Gasteiger partial charge in [0.05, 0.1) is 29.4 Å². The normalized spacial score (nSPS) is 21.8. The minimum Gasteiger partial charge on any atom is -0.441 e. The second kappa shape index (κ2) is 9.04. The summed E-state index contributed by atoms with van der Waals surface area (Å²) in [6.07, 6.45) is -3.20. The van der Waals surface area contributed by atoms with E-state index in [0.717, 1.165) is 0 Å². The molecule has 35 heavy (non-hydrogen) atoms. The molecule has 1 unspecified atom stereocenters. The molecule has 3 heterocycles. The lowest BCUT2D eigenvalue weighted by Gasteiger charge is -2.42. The molecule has 2 aliphatic rings. The highest BCUT2D eigenvalue weighted by Gasteiger charge is 2.52. The van der Waals surface area contributed by atoms with Crippen molar-refractivity contribution in [2.24, 2.45) is 0 Å². The number of nitrogens with zero attached hydrogens (tertiary/aromatic N) is 4. The number of pyridine rings is 1. The lowest BCUT2D eigenvalue weighted by Crippen LogP contribution is -2.62. The zero-order valence-electron chi connectivity index (χ0n) is 18.7. The van der Waals surface area contributed by atoms with Gasteiger partial charge in [0.15, 0.2) is 0 Å². The maximum atomic E-state index is 14.9. The summed E-state index contributed by atoms with van der Waals surface area (Å²) in [7, 11) is 0. The van der Waals surface area contributed by atoms with Crippen LogP contribution in [0.2, 0.25) is 0 Å². The highest BCUT2D eigenvalue weighted by molar-refractivity contribution is 5.99. The van der Waals surface area contributed by atoms with Crippen molar-refractivity contribution >= 4 is 12.0 Å². The van der Waals surface area contributed by atoms with Crippen molar-refractivity contribution in [2.45, 2.75) is 69.7 Å². The van der Waals surface area contributed by atoms with Crippen molar-refractivity contribution in [1.82, 2.24) is 25.4 Å². The molecule has 4 rings (SSSR count). The van der Waals surface area contributed by atoms with Gasteiger partial charge in [-0.25, -0.2) is 18.0 Å². The molecule has 2 atom stereocenters. The summed E-state index contributed by atoms with van der Waals surface area (Å²) in [6.45, 7) is 1.46. The summed E-state index contributed by atoms with van der Waals surface area (Å²) in [5.74, 6) is -5.15. The van der Waals surface area contributed by atoms with Crippen molar-refractivity contribution in [1.29, 1.82) is 0 Å². The predicted octanol–water partition coefficient (Wildman–Crippen LogP) is 4.06. The summed E-state index contributed by atoms with van der Waals surface area (Å²) in [4.78, 5) is 30.8. The first-order valence-electron chi connectivity index (χ1n) is 10.8. The van der Waals surface area contributed by atoms with Gasteiger partial charge in [0.2, 0.25) is 5.89 Å². The van der Waals surface area contributed by atoms with E-state index in [2.05, 4.69) is 20.5 Å². The largest absolute Gasteiger partial charge is 0.441 e. The van der Waals surface area contributed by atoms with Gasteiger partial charge in [-0.2, -0.15) is 8.78 Å². The molecule has 190 valence electrons. The summed E-state index contributed by atoms with van der Waals surface area (Å²) in [5, 5.41) is 8.88. The molecule has 1 fully saturated rings. The quantitative estimate of drug-likeness (QED) is 0.592. The number of aromatic nitrogens is 3. The van der Waals surface area contributed by atoms with Gasteiger partial charge >= 0.3 is 12.5 Å². The van der Waals surface area contributed by atoms with Crippen LogP contribution in [0.3, 0.4) is 0 Å². The standard InChI is InChI=1S/C21H22F5N5O4/c1-20(2,9-22)35-19(33)28-14-13(4-3-5-21(14,25)26)31-8-12-11(18(31)32)6-10(7-27-12)16-29-30-17(34-16)15(23)24/h6-7,13-15H,3-5,8-9H2,1-2H3,(H,28,33)/t13?,14-/m0/s1. The van der Waals surface area contributed by atoms with E-state index in [1.165, 1.54) is 31.0 Å². The SMILES string of the molecule is CC(C)(CF)OC(=O)N[C@H]1C(N2Cc3ncc(-c4nnc(C(F)F)o4)cc3C2=O)CCCC1(F)F. The molecule has 2 aromatic heterocycles. The molecule has 14 heteroatoms. The molecule has 2 amide bonds. The number of fused-ring (bicyclic) bond motifs is 1. The first kappa shape index (κ1) is 24.8. The Hall–Kier alpha value is -3.32. The van der Waals surface area contributed by atoms with Gasteiger partial charge in [0, 0.05) is 12.6 Å². The molecular formula is C21H22F5N5O4. The Morgan fingerprint density at radius 3 is 2.77 bits per heavy atom. The summed E-state index contributed by atoms with van der Waals surface area (Å²) in [5.41, 5.74) is -1.06. The predicted molar refractivity (Wildman–Crippen MR) is 108 cm³/mol. The molecule has 9 nitrogen and oxygen atoms in total. The number of ether oxygens (including phenoxy) is 1. The molecular weight excluding hydrogens is 481 g/mol. The van der Waals surface area contributed by atoms with Crippen LogP contribution in [0.4, 0.5) is 26.7 Å². The van der Waals surface area contributed by atoms with Crippen molar-refractivity contribution < 1.29 is 40.7 Å². The Labute approximate surface area is 196 Å². The van der Waals surface area contributed by atoms with Crippen molar-refractivity contribution in [3.05, 3.63) is 29.4 Å². The first-order chi connectivity index (χ1) is 16.4. The molecule has 1 aliphatic carbocycles. The van der Waals surface area contributed by atoms with Crippen LogP contribution in [0.15, 0.2) is 16.7 Å². The van der Waals surface area contributed by atoms with Crippen LogP contribution in [0.5, 0.6) is 0 Å². The van der Waals surface area contributed by atoms with Crippen LogP contribution in [0.1, 0.15) is 61.5 Å². The second-order valence-corrected chi connectivity index (χ2v) is 9.02. The zero-order chi connectivity index (χ0) is 25.5. The maximum Gasteiger partial charge on any atom is 0.408 e. The Kier molecular flexibility index (Phi) is 6.40. The average molecular weight is 503 g/mol. The van der Waals surface area contributed by atoms with Gasteiger partial charge in [0.25, 0.3) is 17.7 Å². The number of hydrogen-bond acceptors (Lipinski definition) is 7. The number of nitrogens with one attached hydrogen (secondary N) is 1. The highest BCUT2D eigenvalue weighted by Crippen LogP contribution is 2.39. The number of carbonyl (C=O) groups excluding carboxylic acids is 2. The van der Waals surface area contributed by atoms with E-state index in [4.69, 9.17) is 9.15 Å². The van der Waals surface area contributed by atoms with Crippen LogP contribution in [-0.2, 0) is 11.3 Å². The number of carbonyl (C=O) groups is 2. The topological polar surface area (TPSA) is 110 Å². The summed E-state index contributed by atoms with van der Waals surface area (Å²) < 4.78 is 78.0. The van der Waals surface area contributed by atoms with Gasteiger partial charge in [-0.3, -0.25) is 9.78 Å². The fourth-order valence-electron chi connectivity index (χ4n) is 4.14. The Morgan fingerprint density at radius 2 is 2.11 bits per heavy atom. The van der Waals surface area contributed by atoms with Gasteiger partial charge in [-0.1, -0.05) is 0 Å². The minimum atomic E-state index is -3.36. The molecule has 1 N–H and O–H groups in total. The molecule has 0 spiro atoms. The van der Waals surface area contributed by atoms with Crippen LogP contribution in [0.25, 0.3) is 11.5 Å². The number of alkyl carbamates (subject to hydrolysis) is 1. The molecule has 1 aliphatic heterocycles. The van der Waals surface area contributed by atoms with Crippen molar-refractivity contribution in [2.75, 3.05) is 6.67 Å². The third-order valence-electron chi connectivity index (χ3n) is 5.87. The van der Waals surface area contributed by atoms with Crippen molar-refractivity contribution in [3.63, 3.8) is 0 Å². The van der Waals surface area contributed by atoms with Crippen LogP contribution in [0, 0.1) is 0 Å². The molecule has 0 aromatic carbocycles. The fourth-order valence-corrected chi connectivity index (χ4v) is 4.14. The van der Waals surface area contributed by atoms with Gasteiger partial charge in [-0.15, -0.1) is 10.2 Å². The Balaban J connectivity index is 1.57. The van der Waals surface area contributed by atoms with Crippen LogP contribution < -0.4 is 5.32 Å². The first-order valence-corrected chi connectivity index (χ1v) is 10.8. The number of rotatable bonds is 6. The lowest BCUT2D eigenvalue weighted by molar-refractivity contribution is -0.0915. The third-order valence-corrected chi connectivity index (χ3v) is 5.87. The van der Waals surface area contributed by atoms with E-state index < -0.39 is 61.0 Å². The van der Waals surface area contributed by atoms with E-state index in [-0.39, 0.29) is 42.1 Å². The highest BCUT2D eigenvalue weighted by atomic mass is 19.3. The molecule has 0 saturated heterocycles. The van der Waals surface area contributed by atoms with E-state index in [1.807, 2.05) is 0 Å². The van der Waals surface area contributed by atoms with Gasteiger partial charge in [0.1, 0.15) is 18.3 Å². The van der Waals surface area contributed by atoms with E-state index in [9.17, 15) is 31.5 Å². The molecule has 0 bridgehead atoms. The minimum absolute atomic E-state index is 0.0630. The monoisotopic (exact) mass is 503 g/mol. The Bertz CT molecular complexity index is 1130. The zero-order valence-corrected chi connectivity index (χ0v) is 18.7. The number of amides is 2. The van der Waals surface area contributed by atoms with E-state index >= 15 is 0 Å². The van der Waals surface area contributed by atoms with Crippen LogP contribution in [-0.4, -0.2) is 62.4 Å². The molecule has 0 radical (unpaired) electrons. The van der Waals surface area contributed by atoms with Gasteiger partial charge < -0.3 is 19.4 Å². The van der Waals surface area contributed by atoms with Crippen molar-refractivity contribution in [3.8, 4) is 11.5 Å². The number of hydrogen-bond donors (Lipinski definition) is 1. The van der Waals surface area contributed by atoms with Crippen LogP contribution >= 0.6 is 0 Å². The van der Waals surface area contributed by atoms with E-state index in [0.29, 0.717) is 0 Å². The number of alkyl halides is 5. The fraction of sp³-hybridized carbons (Fsp3) is 0.571. The van der Waals surface area contributed by atoms with Gasteiger partial charge in [-0.05, 0) is 32.8 Å². The lowest BCUT2D eigenvalue weighted by atomic mass is 9.86. The summed E-state index contributed by atoms with van der Waals surface area (Å²) >= 11 is 0.